The number of carbonyl (C=O) groups is 2. The summed E-state index contributed by atoms with van der Waals surface area (Å²) < 4.78 is 64.9. The number of hydrogen-bond acceptors (Lipinski definition) is 5. The van der Waals surface area contributed by atoms with Gasteiger partial charge in [0.2, 0.25) is 15.9 Å². The normalized spacial score (nSPS) is 20.2. The minimum absolute atomic E-state index is 0.0702. The molecule has 0 radical (unpaired) electrons. The van der Waals surface area contributed by atoms with Gasteiger partial charge in [-0.15, -0.1) is 0 Å². The molecule has 0 bridgehead atoms. The van der Waals surface area contributed by atoms with Gasteiger partial charge in [-0.1, -0.05) is 19.3 Å². The third-order valence-corrected chi connectivity index (χ3v) is 8.11. The molecule has 0 aromatic heterocycles. The minimum atomic E-state index is -4.54. The van der Waals surface area contributed by atoms with E-state index in [1.807, 2.05) is 0 Å². The molecule has 1 aromatic carbocycles. The van der Waals surface area contributed by atoms with Crippen LogP contribution in [0.25, 0.3) is 0 Å². The first-order valence-corrected chi connectivity index (χ1v) is 12.5. The average molecular weight is 491 g/mol. The number of piperazine rings is 1. The van der Waals surface area contributed by atoms with Crippen molar-refractivity contribution < 1.29 is 31.2 Å². The second-order valence-electron chi connectivity index (χ2n) is 8.44. The first-order valence-electron chi connectivity index (χ1n) is 11.0. The van der Waals surface area contributed by atoms with Crippen LogP contribution >= 0.6 is 0 Å². The summed E-state index contributed by atoms with van der Waals surface area (Å²) in [6.07, 6.45) is 0.497. The number of carbonyl (C=O) groups excluding carboxylic acids is 2. The van der Waals surface area contributed by atoms with Crippen LogP contribution < -0.4 is 10.6 Å². The van der Waals surface area contributed by atoms with E-state index in [0.29, 0.717) is 0 Å². The molecular formula is C21H29F3N4O4S. The number of nitrogens with one attached hydrogen (secondary N) is 2. The number of alkyl halides is 3. The molecule has 1 unspecified atom stereocenters. The molecule has 1 saturated heterocycles. The summed E-state index contributed by atoms with van der Waals surface area (Å²) in [7, 11) is -3.95. The monoisotopic (exact) mass is 490 g/mol. The maximum atomic E-state index is 12.8. The number of rotatable bonds is 5. The van der Waals surface area contributed by atoms with Crippen LogP contribution in [-0.2, 0) is 21.0 Å². The molecule has 1 saturated carbocycles. The Morgan fingerprint density at radius 1 is 1.00 bits per heavy atom. The van der Waals surface area contributed by atoms with E-state index < -0.39 is 39.7 Å². The third-order valence-electron chi connectivity index (χ3n) is 6.20. The van der Waals surface area contributed by atoms with Crippen molar-refractivity contribution in [2.75, 3.05) is 26.2 Å². The van der Waals surface area contributed by atoms with Gasteiger partial charge >= 0.3 is 12.2 Å². The van der Waals surface area contributed by atoms with E-state index in [-0.39, 0.29) is 37.1 Å². The quantitative estimate of drug-likeness (QED) is 0.661. The highest BCUT2D eigenvalue weighted by molar-refractivity contribution is 7.89. The molecule has 8 nitrogen and oxygen atoms in total. The van der Waals surface area contributed by atoms with Gasteiger partial charge in [-0.25, -0.2) is 13.2 Å². The molecule has 3 amide bonds. The second kappa shape index (κ2) is 10.4. The lowest BCUT2D eigenvalue weighted by atomic mass is 9.96. The number of amides is 3. The van der Waals surface area contributed by atoms with Crippen molar-refractivity contribution >= 4 is 22.0 Å². The first-order chi connectivity index (χ1) is 15.5. The zero-order valence-electron chi connectivity index (χ0n) is 18.4. The highest BCUT2D eigenvalue weighted by Gasteiger charge is 2.34. The van der Waals surface area contributed by atoms with Gasteiger partial charge in [-0.2, -0.15) is 17.5 Å². The van der Waals surface area contributed by atoms with Crippen LogP contribution in [0.5, 0.6) is 0 Å². The summed E-state index contributed by atoms with van der Waals surface area (Å²) in [6, 6.07) is 2.29. The summed E-state index contributed by atoms with van der Waals surface area (Å²) in [4.78, 5) is 26.1. The van der Waals surface area contributed by atoms with E-state index in [4.69, 9.17) is 0 Å². The number of urea groups is 1. The zero-order valence-corrected chi connectivity index (χ0v) is 19.2. The largest absolute Gasteiger partial charge is 0.416 e. The standard InChI is InChI=1S/C21H29F3N4O4S/c1-15(19(29)26-20(30)25-17-5-3-2-4-6-17)27-11-13-28(14-12-27)33(31,32)18-9-7-16(8-10-18)21(22,23)24/h7-10,15,17H,2-6,11-14H2,1H3,(H2,25,26,29,30). The maximum Gasteiger partial charge on any atom is 0.416 e. The van der Waals surface area contributed by atoms with Gasteiger partial charge in [-0.3, -0.25) is 15.0 Å². The predicted octanol–water partition coefficient (Wildman–Crippen LogP) is 2.56. The molecule has 1 aliphatic heterocycles. The summed E-state index contributed by atoms with van der Waals surface area (Å²) in [5, 5.41) is 5.17. The summed E-state index contributed by atoms with van der Waals surface area (Å²) in [5.74, 6) is -0.470. The number of nitrogens with zero attached hydrogens (tertiary/aromatic N) is 2. The highest BCUT2D eigenvalue weighted by Crippen LogP contribution is 2.30. The summed E-state index contributed by atoms with van der Waals surface area (Å²) in [5.41, 5.74) is -0.918. The van der Waals surface area contributed by atoms with Crippen LogP contribution in [0.2, 0.25) is 0 Å². The van der Waals surface area contributed by atoms with E-state index >= 15 is 0 Å². The number of imide groups is 1. The van der Waals surface area contributed by atoms with Gasteiger partial charge in [-0.05, 0) is 44.0 Å². The SMILES string of the molecule is CC(C(=O)NC(=O)NC1CCCCC1)N1CCN(S(=O)(=O)c2ccc(C(F)(F)F)cc2)CC1. The molecule has 2 N–H and O–H groups in total. The molecule has 1 heterocycles. The lowest BCUT2D eigenvalue weighted by molar-refractivity contribution is -0.137. The fraction of sp³-hybridized carbons (Fsp3) is 0.619. The van der Waals surface area contributed by atoms with Crippen molar-refractivity contribution in [3.63, 3.8) is 0 Å². The van der Waals surface area contributed by atoms with Crippen LogP contribution in [0.4, 0.5) is 18.0 Å². The topological polar surface area (TPSA) is 98.8 Å². The maximum absolute atomic E-state index is 12.8. The first kappa shape index (κ1) is 25.4. The molecule has 3 rings (SSSR count). The van der Waals surface area contributed by atoms with Crippen LogP contribution in [0.15, 0.2) is 29.2 Å². The van der Waals surface area contributed by atoms with Crippen LogP contribution in [0.1, 0.15) is 44.6 Å². The van der Waals surface area contributed by atoms with E-state index in [9.17, 15) is 31.2 Å². The van der Waals surface area contributed by atoms with Crippen molar-refractivity contribution in [2.24, 2.45) is 0 Å². The molecule has 1 aromatic rings. The Balaban J connectivity index is 1.51. The number of sulfonamides is 1. The minimum Gasteiger partial charge on any atom is -0.335 e. The van der Waals surface area contributed by atoms with Gasteiger partial charge in [0, 0.05) is 32.2 Å². The number of hydrogen-bond donors (Lipinski definition) is 2. The van der Waals surface area contributed by atoms with E-state index in [1.54, 1.807) is 11.8 Å². The molecule has 1 atom stereocenters. The lowest BCUT2D eigenvalue weighted by Crippen LogP contribution is -2.56. The van der Waals surface area contributed by atoms with Gasteiger partial charge < -0.3 is 5.32 Å². The van der Waals surface area contributed by atoms with Crippen molar-refractivity contribution in [3.8, 4) is 0 Å². The Morgan fingerprint density at radius 3 is 2.12 bits per heavy atom. The Hall–Kier alpha value is -2.18. The zero-order chi connectivity index (χ0) is 24.2. The molecule has 1 aliphatic carbocycles. The van der Waals surface area contributed by atoms with Gasteiger partial charge in [0.05, 0.1) is 16.5 Å². The van der Waals surface area contributed by atoms with Crippen LogP contribution in [-0.4, -0.2) is 67.8 Å². The molecule has 2 aliphatic rings. The van der Waals surface area contributed by atoms with Crippen molar-refractivity contribution in [2.45, 2.75) is 62.2 Å². The number of benzene rings is 1. The Morgan fingerprint density at radius 2 is 1.58 bits per heavy atom. The van der Waals surface area contributed by atoms with Gasteiger partial charge in [0.1, 0.15) is 0 Å². The molecule has 33 heavy (non-hydrogen) atoms. The highest BCUT2D eigenvalue weighted by atomic mass is 32.2. The predicted molar refractivity (Wildman–Crippen MR) is 115 cm³/mol. The van der Waals surface area contributed by atoms with Crippen molar-refractivity contribution in [1.29, 1.82) is 0 Å². The van der Waals surface area contributed by atoms with Gasteiger partial charge in [0.15, 0.2) is 0 Å². The van der Waals surface area contributed by atoms with Crippen molar-refractivity contribution in [3.05, 3.63) is 29.8 Å². The average Bonchev–Trinajstić information content (AvgIpc) is 2.78. The van der Waals surface area contributed by atoms with E-state index in [2.05, 4.69) is 10.6 Å². The summed E-state index contributed by atoms with van der Waals surface area (Å²) >= 11 is 0. The van der Waals surface area contributed by atoms with E-state index in [0.717, 1.165) is 56.4 Å². The third kappa shape index (κ3) is 6.45. The molecular weight excluding hydrogens is 461 g/mol. The second-order valence-corrected chi connectivity index (χ2v) is 10.4. The number of halogens is 3. The smallest absolute Gasteiger partial charge is 0.335 e. The molecule has 184 valence electrons. The Bertz CT molecular complexity index is 939. The molecule has 12 heteroatoms. The fourth-order valence-corrected chi connectivity index (χ4v) is 5.57. The molecule has 2 fully saturated rings. The van der Waals surface area contributed by atoms with Gasteiger partial charge in [0.25, 0.3) is 0 Å². The fourth-order valence-electron chi connectivity index (χ4n) is 4.15. The lowest BCUT2D eigenvalue weighted by Gasteiger charge is -2.36. The van der Waals surface area contributed by atoms with Crippen LogP contribution in [0, 0.1) is 0 Å². The van der Waals surface area contributed by atoms with Crippen molar-refractivity contribution in [1.82, 2.24) is 19.8 Å². The Labute approximate surface area is 191 Å². The summed E-state index contributed by atoms with van der Waals surface area (Å²) in [6.45, 7) is 2.30. The Kier molecular flexibility index (Phi) is 8.01. The molecule has 0 spiro atoms. The van der Waals surface area contributed by atoms with E-state index in [1.165, 1.54) is 4.31 Å². The van der Waals surface area contributed by atoms with Crippen LogP contribution in [0.3, 0.4) is 0 Å².